The van der Waals surface area contributed by atoms with Gasteiger partial charge in [0.25, 0.3) is 5.91 Å². The first kappa shape index (κ1) is 16.0. The molecule has 2 aromatic rings. The minimum Gasteiger partial charge on any atom is -0.383 e. The van der Waals surface area contributed by atoms with Crippen LogP contribution in [0.4, 0.5) is 11.4 Å². The van der Waals surface area contributed by atoms with Crippen molar-refractivity contribution in [3.63, 3.8) is 0 Å². The molecule has 110 valence electrons. The van der Waals surface area contributed by atoms with Crippen LogP contribution < -0.4 is 10.6 Å². The summed E-state index contributed by atoms with van der Waals surface area (Å²) in [6, 6.07) is 7.34. The quantitative estimate of drug-likeness (QED) is 0.749. The van der Waals surface area contributed by atoms with Gasteiger partial charge in [0.2, 0.25) is 0 Å². The van der Waals surface area contributed by atoms with Gasteiger partial charge in [-0.3, -0.25) is 9.78 Å². The number of hydrogen-bond donors (Lipinski definition) is 2. The van der Waals surface area contributed by atoms with Crippen LogP contribution in [0.1, 0.15) is 23.7 Å². The summed E-state index contributed by atoms with van der Waals surface area (Å²) in [7, 11) is 0. The van der Waals surface area contributed by atoms with Gasteiger partial charge in [0.1, 0.15) is 0 Å². The Morgan fingerprint density at radius 3 is 2.81 bits per heavy atom. The molecule has 6 heteroatoms. The van der Waals surface area contributed by atoms with Crippen LogP contribution in [0, 0.1) is 0 Å². The predicted octanol–water partition coefficient (Wildman–Crippen LogP) is 4.68. The number of carbonyl (C=O) groups excluding carboxylic acids is 1. The van der Waals surface area contributed by atoms with E-state index in [2.05, 4.69) is 54.4 Å². The zero-order valence-electron chi connectivity index (χ0n) is 11.5. The van der Waals surface area contributed by atoms with Crippen LogP contribution in [-0.2, 0) is 0 Å². The molecular weight excluding hydrogens is 398 g/mol. The van der Waals surface area contributed by atoms with E-state index in [1.165, 1.54) is 0 Å². The Morgan fingerprint density at radius 1 is 1.24 bits per heavy atom. The minimum absolute atomic E-state index is 0.171. The molecule has 2 rings (SSSR count). The van der Waals surface area contributed by atoms with Crippen molar-refractivity contribution in [3.8, 4) is 0 Å². The van der Waals surface area contributed by atoms with Gasteiger partial charge < -0.3 is 10.6 Å². The van der Waals surface area contributed by atoms with E-state index in [-0.39, 0.29) is 5.91 Å². The molecule has 0 radical (unpaired) electrons. The lowest BCUT2D eigenvalue weighted by Gasteiger charge is -2.12. The summed E-state index contributed by atoms with van der Waals surface area (Å²) in [4.78, 5) is 16.5. The molecule has 1 aromatic carbocycles. The fraction of sp³-hybridized carbons (Fsp3) is 0.200. The van der Waals surface area contributed by atoms with E-state index >= 15 is 0 Å². The molecule has 1 heterocycles. The predicted molar refractivity (Wildman–Crippen MR) is 92.8 cm³/mol. The Kier molecular flexibility index (Phi) is 5.76. The van der Waals surface area contributed by atoms with E-state index in [9.17, 15) is 4.79 Å². The van der Waals surface area contributed by atoms with Crippen molar-refractivity contribution in [2.24, 2.45) is 0 Å². The van der Waals surface area contributed by atoms with Gasteiger partial charge in [-0.2, -0.15) is 0 Å². The van der Waals surface area contributed by atoms with Gasteiger partial charge in [0.15, 0.2) is 0 Å². The van der Waals surface area contributed by atoms with E-state index < -0.39 is 0 Å². The third kappa shape index (κ3) is 4.28. The highest BCUT2D eigenvalue weighted by Gasteiger charge is 2.13. The number of nitrogens with zero attached hydrogens (tertiary/aromatic N) is 1. The van der Waals surface area contributed by atoms with Crippen LogP contribution in [0.5, 0.6) is 0 Å². The summed E-state index contributed by atoms with van der Waals surface area (Å²) < 4.78 is 1.73. The van der Waals surface area contributed by atoms with Crippen molar-refractivity contribution in [1.29, 1.82) is 0 Å². The average molecular weight is 413 g/mol. The van der Waals surface area contributed by atoms with Crippen LogP contribution in [0.25, 0.3) is 0 Å². The van der Waals surface area contributed by atoms with Gasteiger partial charge >= 0.3 is 0 Å². The molecule has 1 amide bonds. The lowest BCUT2D eigenvalue weighted by atomic mass is 10.2. The van der Waals surface area contributed by atoms with Crippen molar-refractivity contribution in [3.05, 3.63) is 51.2 Å². The minimum atomic E-state index is -0.171. The molecule has 0 aliphatic rings. The monoisotopic (exact) mass is 411 g/mol. The standard InChI is InChI=1S/C15H15Br2N3O/c1-2-6-19-14-9-18-7-5-11(14)15(21)20-13-8-10(16)3-4-12(13)17/h3-5,7-9,19H,2,6H2,1H3,(H,20,21). The summed E-state index contributed by atoms with van der Waals surface area (Å²) >= 11 is 6.83. The van der Waals surface area contributed by atoms with E-state index in [1.54, 1.807) is 18.5 Å². The number of benzene rings is 1. The van der Waals surface area contributed by atoms with Gasteiger partial charge in [0.05, 0.1) is 23.1 Å². The third-order valence-electron chi connectivity index (χ3n) is 2.81. The fourth-order valence-electron chi connectivity index (χ4n) is 1.78. The molecule has 4 nitrogen and oxygen atoms in total. The second-order valence-corrected chi connectivity index (χ2v) is 6.20. The molecule has 0 atom stereocenters. The molecule has 0 unspecified atom stereocenters. The maximum Gasteiger partial charge on any atom is 0.257 e. The highest BCUT2D eigenvalue weighted by molar-refractivity contribution is 9.11. The largest absolute Gasteiger partial charge is 0.383 e. The SMILES string of the molecule is CCCNc1cnccc1C(=O)Nc1cc(Br)ccc1Br. The molecule has 2 N–H and O–H groups in total. The second kappa shape index (κ2) is 7.56. The fourth-order valence-corrected chi connectivity index (χ4v) is 2.48. The van der Waals surface area contributed by atoms with Crippen molar-refractivity contribution in [2.45, 2.75) is 13.3 Å². The smallest absolute Gasteiger partial charge is 0.257 e. The first-order valence-corrected chi connectivity index (χ1v) is 8.14. The Hall–Kier alpha value is -1.40. The first-order chi connectivity index (χ1) is 10.1. The molecule has 0 saturated heterocycles. The topological polar surface area (TPSA) is 54.0 Å². The highest BCUT2D eigenvalue weighted by Crippen LogP contribution is 2.27. The van der Waals surface area contributed by atoms with Gasteiger partial charge in [-0.15, -0.1) is 0 Å². The first-order valence-electron chi connectivity index (χ1n) is 6.56. The van der Waals surface area contributed by atoms with Gasteiger partial charge in [-0.1, -0.05) is 22.9 Å². The lowest BCUT2D eigenvalue weighted by Crippen LogP contribution is -2.15. The zero-order chi connectivity index (χ0) is 15.2. The average Bonchev–Trinajstić information content (AvgIpc) is 2.49. The molecule has 0 aliphatic carbocycles. The Bertz CT molecular complexity index is 647. The number of aromatic nitrogens is 1. The molecule has 21 heavy (non-hydrogen) atoms. The normalized spacial score (nSPS) is 10.2. The Morgan fingerprint density at radius 2 is 2.05 bits per heavy atom. The van der Waals surface area contributed by atoms with Gasteiger partial charge in [-0.05, 0) is 46.6 Å². The van der Waals surface area contributed by atoms with E-state index in [0.29, 0.717) is 11.3 Å². The van der Waals surface area contributed by atoms with Crippen LogP contribution in [0.3, 0.4) is 0 Å². The number of halogens is 2. The summed E-state index contributed by atoms with van der Waals surface area (Å²) in [6.07, 6.45) is 4.26. The van der Waals surface area contributed by atoms with E-state index in [1.807, 2.05) is 18.2 Å². The summed E-state index contributed by atoms with van der Waals surface area (Å²) in [6.45, 7) is 2.87. The van der Waals surface area contributed by atoms with Crippen molar-refractivity contribution in [2.75, 3.05) is 17.2 Å². The molecule has 0 aliphatic heterocycles. The molecule has 0 saturated carbocycles. The highest BCUT2D eigenvalue weighted by atomic mass is 79.9. The van der Waals surface area contributed by atoms with Gasteiger partial charge in [0, 0.05) is 21.7 Å². The third-order valence-corrected chi connectivity index (χ3v) is 3.99. The van der Waals surface area contributed by atoms with Gasteiger partial charge in [-0.25, -0.2) is 0 Å². The number of rotatable bonds is 5. The van der Waals surface area contributed by atoms with E-state index in [4.69, 9.17) is 0 Å². The Balaban J connectivity index is 2.22. The molecular formula is C15H15Br2N3O. The molecule has 0 fully saturated rings. The number of anilines is 2. The van der Waals surface area contributed by atoms with Crippen LogP contribution in [0.15, 0.2) is 45.6 Å². The maximum atomic E-state index is 12.4. The molecule has 0 bridgehead atoms. The Labute approximate surface area is 140 Å². The van der Waals surface area contributed by atoms with Crippen LogP contribution >= 0.6 is 31.9 Å². The number of hydrogen-bond acceptors (Lipinski definition) is 3. The number of carbonyl (C=O) groups is 1. The van der Waals surface area contributed by atoms with Crippen molar-refractivity contribution < 1.29 is 4.79 Å². The van der Waals surface area contributed by atoms with Crippen LogP contribution in [0.2, 0.25) is 0 Å². The number of pyridine rings is 1. The molecule has 0 spiro atoms. The molecule has 1 aromatic heterocycles. The zero-order valence-corrected chi connectivity index (χ0v) is 14.7. The van der Waals surface area contributed by atoms with E-state index in [0.717, 1.165) is 27.6 Å². The summed E-state index contributed by atoms with van der Waals surface area (Å²) in [5, 5.41) is 6.11. The van der Waals surface area contributed by atoms with Crippen molar-refractivity contribution in [1.82, 2.24) is 4.98 Å². The van der Waals surface area contributed by atoms with Crippen molar-refractivity contribution >= 4 is 49.1 Å². The van der Waals surface area contributed by atoms with Crippen LogP contribution in [-0.4, -0.2) is 17.4 Å². The maximum absolute atomic E-state index is 12.4. The second-order valence-electron chi connectivity index (χ2n) is 4.43. The summed E-state index contributed by atoms with van der Waals surface area (Å²) in [5.41, 5.74) is 2.03. The number of amides is 1. The summed E-state index contributed by atoms with van der Waals surface area (Å²) in [5.74, 6) is -0.171. The lowest BCUT2D eigenvalue weighted by molar-refractivity contribution is 0.102. The number of nitrogens with one attached hydrogen (secondary N) is 2.